The number of hydrogen-bond donors (Lipinski definition) is 2. The van der Waals surface area contributed by atoms with Crippen LogP contribution in [0.25, 0.3) is 0 Å². The van der Waals surface area contributed by atoms with Gasteiger partial charge in [0.15, 0.2) is 0 Å². The molecule has 0 aromatic heterocycles. The molecule has 3 atom stereocenters. The number of halogens is 1. The SMILES string of the molecule is C[C@H]1CN2C[C@H](NC(=O)c3cc(O)ccc3F)C[C@H]2CO1. The normalized spacial score (nSPS) is 29.1. The zero-order valence-electron chi connectivity index (χ0n) is 11.9. The Morgan fingerprint density at radius 3 is 3.10 bits per heavy atom. The molecule has 0 unspecified atom stereocenters. The minimum atomic E-state index is -0.627. The molecule has 0 bridgehead atoms. The van der Waals surface area contributed by atoms with Crippen molar-refractivity contribution in [3.05, 3.63) is 29.6 Å². The Bertz CT molecular complexity index is 552. The van der Waals surface area contributed by atoms with E-state index in [1.165, 1.54) is 6.07 Å². The number of carbonyl (C=O) groups excluding carboxylic acids is 1. The molecule has 2 fully saturated rings. The zero-order chi connectivity index (χ0) is 15.0. The van der Waals surface area contributed by atoms with Gasteiger partial charge < -0.3 is 15.2 Å². The van der Waals surface area contributed by atoms with E-state index in [0.29, 0.717) is 12.6 Å². The molecule has 0 spiro atoms. The number of ether oxygens (including phenoxy) is 1. The molecular formula is C15H19FN2O3. The molecule has 21 heavy (non-hydrogen) atoms. The minimum absolute atomic E-state index is 0.0156. The van der Waals surface area contributed by atoms with Crippen LogP contribution in [0.1, 0.15) is 23.7 Å². The molecular weight excluding hydrogens is 275 g/mol. The summed E-state index contributed by atoms with van der Waals surface area (Å²) in [5.41, 5.74) is -0.121. The first-order valence-corrected chi connectivity index (χ1v) is 7.18. The van der Waals surface area contributed by atoms with Crippen LogP contribution in [0.2, 0.25) is 0 Å². The number of nitrogens with one attached hydrogen (secondary N) is 1. The van der Waals surface area contributed by atoms with E-state index >= 15 is 0 Å². The lowest BCUT2D eigenvalue weighted by molar-refractivity contribution is -0.0390. The maximum absolute atomic E-state index is 13.6. The summed E-state index contributed by atoms with van der Waals surface area (Å²) in [6, 6.07) is 3.77. The highest BCUT2D eigenvalue weighted by molar-refractivity contribution is 5.95. The van der Waals surface area contributed by atoms with Gasteiger partial charge in [0.25, 0.3) is 5.91 Å². The monoisotopic (exact) mass is 294 g/mol. The van der Waals surface area contributed by atoms with Crippen LogP contribution in [0.4, 0.5) is 4.39 Å². The van der Waals surface area contributed by atoms with E-state index in [1.54, 1.807) is 0 Å². The number of amides is 1. The van der Waals surface area contributed by atoms with Gasteiger partial charge in [-0.3, -0.25) is 9.69 Å². The number of morpholine rings is 1. The molecule has 6 heteroatoms. The van der Waals surface area contributed by atoms with E-state index in [-0.39, 0.29) is 23.5 Å². The highest BCUT2D eigenvalue weighted by Crippen LogP contribution is 2.24. The van der Waals surface area contributed by atoms with Crippen molar-refractivity contribution in [1.29, 1.82) is 0 Å². The number of rotatable bonds is 2. The Morgan fingerprint density at radius 2 is 2.29 bits per heavy atom. The van der Waals surface area contributed by atoms with Crippen molar-refractivity contribution in [3.8, 4) is 5.75 Å². The summed E-state index contributed by atoms with van der Waals surface area (Å²) in [6.45, 7) is 4.32. The van der Waals surface area contributed by atoms with Gasteiger partial charge in [-0.15, -0.1) is 0 Å². The fourth-order valence-electron chi connectivity index (χ4n) is 3.09. The Hall–Kier alpha value is -1.66. The molecule has 2 aliphatic rings. The summed E-state index contributed by atoms with van der Waals surface area (Å²) in [5.74, 6) is -1.23. The smallest absolute Gasteiger partial charge is 0.254 e. The van der Waals surface area contributed by atoms with E-state index in [1.807, 2.05) is 6.92 Å². The first kappa shape index (κ1) is 14.3. The second kappa shape index (κ2) is 5.61. The van der Waals surface area contributed by atoms with Gasteiger partial charge in [0.1, 0.15) is 11.6 Å². The van der Waals surface area contributed by atoms with E-state index in [0.717, 1.165) is 31.6 Å². The number of phenolic OH excluding ortho intramolecular Hbond substituents is 1. The van der Waals surface area contributed by atoms with Crippen molar-refractivity contribution >= 4 is 5.91 Å². The average Bonchev–Trinajstić information content (AvgIpc) is 2.82. The summed E-state index contributed by atoms with van der Waals surface area (Å²) in [7, 11) is 0. The number of fused-ring (bicyclic) bond motifs is 1. The molecule has 3 rings (SSSR count). The number of hydrogen-bond acceptors (Lipinski definition) is 4. The summed E-state index contributed by atoms with van der Waals surface area (Å²) >= 11 is 0. The summed E-state index contributed by atoms with van der Waals surface area (Å²) in [6.07, 6.45) is 1.01. The first-order valence-electron chi connectivity index (χ1n) is 7.18. The summed E-state index contributed by atoms with van der Waals surface area (Å²) in [4.78, 5) is 14.4. The van der Waals surface area contributed by atoms with Crippen LogP contribution in [0.15, 0.2) is 18.2 Å². The van der Waals surface area contributed by atoms with E-state index in [4.69, 9.17) is 4.74 Å². The fourth-order valence-corrected chi connectivity index (χ4v) is 3.09. The zero-order valence-corrected chi connectivity index (χ0v) is 11.9. The van der Waals surface area contributed by atoms with Gasteiger partial charge in [0.05, 0.1) is 18.3 Å². The van der Waals surface area contributed by atoms with Gasteiger partial charge in [-0.25, -0.2) is 4.39 Å². The maximum Gasteiger partial charge on any atom is 0.254 e. The predicted molar refractivity (Wildman–Crippen MR) is 74.7 cm³/mol. The van der Waals surface area contributed by atoms with E-state index in [2.05, 4.69) is 10.2 Å². The third kappa shape index (κ3) is 3.01. The second-order valence-electron chi connectivity index (χ2n) is 5.82. The standard InChI is InChI=1S/C15H19FN2O3/c1-9-6-18-7-10(4-11(18)8-21-9)17-15(20)13-5-12(19)2-3-14(13)16/h2-3,5,9-11,19H,4,6-8H2,1H3,(H,17,20)/t9-,10+,11-/m0/s1. The molecule has 2 N–H and O–H groups in total. The lowest BCUT2D eigenvalue weighted by Gasteiger charge is -2.33. The van der Waals surface area contributed by atoms with Crippen molar-refractivity contribution in [3.63, 3.8) is 0 Å². The van der Waals surface area contributed by atoms with Gasteiger partial charge in [0.2, 0.25) is 0 Å². The predicted octanol–water partition coefficient (Wildman–Crippen LogP) is 1.12. The highest BCUT2D eigenvalue weighted by Gasteiger charge is 2.37. The van der Waals surface area contributed by atoms with Crippen molar-refractivity contribution in [1.82, 2.24) is 10.2 Å². The Morgan fingerprint density at radius 1 is 1.48 bits per heavy atom. The molecule has 1 aromatic rings. The lowest BCUT2D eigenvalue weighted by Crippen LogP contribution is -2.45. The number of benzene rings is 1. The van der Waals surface area contributed by atoms with Crippen LogP contribution in [-0.4, -0.2) is 53.8 Å². The van der Waals surface area contributed by atoms with E-state index in [9.17, 15) is 14.3 Å². The van der Waals surface area contributed by atoms with Crippen LogP contribution in [-0.2, 0) is 4.74 Å². The summed E-state index contributed by atoms with van der Waals surface area (Å²) in [5, 5.41) is 12.2. The van der Waals surface area contributed by atoms with Crippen LogP contribution < -0.4 is 5.32 Å². The Kier molecular flexibility index (Phi) is 3.82. The van der Waals surface area contributed by atoms with Crippen molar-refractivity contribution in [2.75, 3.05) is 19.7 Å². The Balaban J connectivity index is 1.65. The third-order valence-electron chi connectivity index (χ3n) is 4.12. The molecule has 5 nitrogen and oxygen atoms in total. The molecule has 114 valence electrons. The van der Waals surface area contributed by atoms with Gasteiger partial charge in [0, 0.05) is 25.2 Å². The van der Waals surface area contributed by atoms with Crippen LogP contribution in [0.3, 0.4) is 0 Å². The molecule has 2 saturated heterocycles. The van der Waals surface area contributed by atoms with Gasteiger partial charge in [-0.1, -0.05) is 0 Å². The van der Waals surface area contributed by atoms with Crippen molar-refractivity contribution < 1.29 is 19.0 Å². The maximum atomic E-state index is 13.6. The quantitative estimate of drug-likeness (QED) is 0.858. The largest absolute Gasteiger partial charge is 0.508 e. The van der Waals surface area contributed by atoms with Gasteiger partial charge in [-0.05, 0) is 31.5 Å². The molecule has 2 aliphatic heterocycles. The number of phenols is 1. The molecule has 1 aromatic carbocycles. The molecule has 2 heterocycles. The van der Waals surface area contributed by atoms with Crippen LogP contribution >= 0.6 is 0 Å². The number of aromatic hydroxyl groups is 1. The topological polar surface area (TPSA) is 61.8 Å². The van der Waals surface area contributed by atoms with Crippen LogP contribution in [0, 0.1) is 5.82 Å². The van der Waals surface area contributed by atoms with E-state index < -0.39 is 11.7 Å². The van der Waals surface area contributed by atoms with Crippen molar-refractivity contribution in [2.24, 2.45) is 0 Å². The average molecular weight is 294 g/mol. The van der Waals surface area contributed by atoms with Crippen LogP contribution in [0.5, 0.6) is 5.75 Å². The van der Waals surface area contributed by atoms with Gasteiger partial charge >= 0.3 is 0 Å². The van der Waals surface area contributed by atoms with Gasteiger partial charge in [-0.2, -0.15) is 0 Å². The van der Waals surface area contributed by atoms with Crippen molar-refractivity contribution in [2.45, 2.75) is 31.5 Å². The molecule has 0 saturated carbocycles. The molecule has 1 amide bonds. The summed E-state index contributed by atoms with van der Waals surface area (Å²) < 4.78 is 19.3. The number of carbonyl (C=O) groups is 1. The first-order chi connectivity index (χ1) is 10.0. The molecule has 0 aliphatic carbocycles. The highest BCUT2D eigenvalue weighted by atomic mass is 19.1. The number of nitrogens with zero attached hydrogens (tertiary/aromatic N) is 1. The lowest BCUT2D eigenvalue weighted by atomic mass is 10.1. The fraction of sp³-hybridized carbons (Fsp3) is 0.533. The molecule has 0 radical (unpaired) electrons. The minimum Gasteiger partial charge on any atom is -0.508 e. The second-order valence-corrected chi connectivity index (χ2v) is 5.82. The third-order valence-corrected chi connectivity index (χ3v) is 4.12. The Labute approximate surface area is 122 Å².